The van der Waals surface area contributed by atoms with Gasteiger partial charge in [0, 0.05) is 7.11 Å². The number of carbonyl (C=O) groups excluding carboxylic acids is 2. The molecule has 43 heavy (non-hydrogen) atoms. The molecule has 0 unspecified atom stereocenters. The van der Waals surface area contributed by atoms with Crippen LogP contribution in [0.25, 0.3) is 6.08 Å². The van der Waals surface area contributed by atoms with E-state index in [1.807, 2.05) is 18.2 Å². The number of nitrogens with zero attached hydrogens (tertiary/aromatic N) is 2. The fraction of sp³-hybridized carbons (Fsp3) is 0.273. The molecule has 9 nitrogen and oxygen atoms in total. The third kappa shape index (κ3) is 6.45. The first kappa shape index (κ1) is 29.9. The SMILES string of the molecule is COCCOC(=O)C1=C(C)N=c2s/c(=C/c3ccc(C(C)(C)C)cc3)c(=O)n2[C@H]1c1ccc(OC(=O)c2ccco2)cc1. The molecule has 1 aliphatic rings. The third-order valence-electron chi connectivity index (χ3n) is 6.97. The van der Waals surface area contributed by atoms with Gasteiger partial charge in [-0.15, -0.1) is 0 Å². The number of methoxy groups -OCH3 is 1. The molecule has 0 radical (unpaired) electrons. The van der Waals surface area contributed by atoms with Crippen LogP contribution in [-0.4, -0.2) is 36.8 Å². The summed E-state index contributed by atoms with van der Waals surface area (Å²) in [5.74, 6) is -0.881. The van der Waals surface area contributed by atoms with Crippen molar-refractivity contribution in [2.24, 2.45) is 4.99 Å². The van der Waals surface area contributed by atoms with Gasteiger partial charge in [0.15, 0.2) is 4.80 Å². The van der Waals surface area contributed by atoms with Crippen molar-refractivity contribution in [1.82, 2.24) is 4.57 Å². The number of esters is 2. The lowest BCUT2D eigenvalue weighted by atomic mass is 9.87. The number of thiazole rings is 1. The molecule has 2 aromatic heterocycles. The first-order valence-corrected chi connectivity index (χ1v) is 14.5. The van der Waals surface area contributed by atoms with E-state index in [4.69, 9.17) is 18.6 Å². The summed E-state index contributed by atoms with van der Waals surface area (Å²) in [4.78, 5) is 44.7. The number of benzene rings is 2. The summed E-state index contributed by atoms with van der Waals surface area (Å²) in [6, 6.07) is 17.0. The number of carbonyl (C=O) groups is 2. The van der Waals surface area contributed by atoms with Crippen LogP contribution in [0.3, 0.4) is 0 Å². The molecule has 1 aliphatic heterocycles. The number of aromatic nitrogens is 1. The van der Waals surface area contributed by atoms with Gasteiger partial charge in [0.1, 0.15) is 12.4 Å². The van der Waals surface area contributed by atoms with Gasteiger partial charge in [-0.2, -0.15) is 0 Å². The lowest BCUT2D eigenvalue weighted by Crippen LogP contribution is -2.40. The molecular formula is C33H32N2O7S. The van der Waals surface area contributed by atoms with Gasteiger partial charge < -0.3 is 18.6 Å². The Kier molecular flexibility index (Phi) is 8.61. The molecule has 3 heterocycles. The molecule has 0 fully saturated rings. The Balaban J connectivity index is 1.55. The lowest BCUT2D eigenvalue weighted by Gasteiger charge is -2.25. The minimum atomic E-state index is -0.813. The standard InChI is InChI=1S/C33H32N2O7S/c1-20-27(31(38)41-18-17-39-5)28(22-10-14-24(15-11-22)42-30(37)25-7-6-16-40-25)35-29(36)26(43-32(35)34-20)19-21-8-12-23(13-9-21)33(2,3)4/h6-16,19,28H,17-18H2,1-5H3/b26-19+/t28-/m0/s1. The maximum Gasteiger partial charge on any atom is 0.379 e. The van der Waals surface area contributed by atoms with Crippen molar-refractivity contribution in [3.8, 4) is 5.75 Å². The average Bonchev–Trinajstić information content (AvgIpc) is 3.61. The quantitative estimate of drug-likeness (QED) is 0.166. The topological polar surface area (TPSA) is 109 Å². The van der Waals surface area contributed by atoms with E-state index >= 15 is 0 Å². The first-order chi connectivity index (χ1) is 20.6. The van der Waals surface area contributed by atoms with Gasteiger partial charge in [-0.3, -0.25) is 9.36 Å². The largest absolute Gasteiger partial charge is 0.460 e. The monoisotopic (exact) mass is 600 g/mol. The van der Waals surface area contributed by atoms with Crippen molar-refractivity contribution < 1.29 is 28.2 Å². The summed E-state index contributed by atoms with van der Waals surface area (Å²) in [5, 5.41) is 0. The van der Waals surface area contributed by atoms with Gasteiger partial charge in [0.05, 0.1) is 34.7 Å². The maximum absolute atomic E-state index is 13.9. The van der Waals surface area contributed by atoms with Gasteiger partial charge in [-0.25, -0.2) is 14.6 Å². The van der Waals surface area contributed by atoms with E-state index in [9.17, 15) is 14.4 Å². The van der Waals surface area contributed by atoms with Gasteiger partial charge >= 0.3 is 11.9 Å². The van der Waals surface area contributed by atoms with Gasteiger partial charge in [0.25, 0.3) is 5.56 Å². The molecule has 0 saturated heterocycles. The molecule has 10 heteroatoms. The Hall–Kier alpha value is -4.54. The van der Waals surface area contributed by atoms with Crippen LogP contribution in [0, 0.1) is 0 Å². The van der Waals surface area contributed by atoms with Crippen LogP contribution in [0.15, 0.2) is 92.4 Å². The number of ether oxygens (including phenoxy) is 3. The Labute approximate surface area is 252 Å². The summed E-state index contributed by atoms with van der Waals surface area (Å²) < 4.78 is 23.0. The minimum absolute atomic E-state index is 0.0102. The minimum Gasteiger partial charge on any atom is -0.460 e. The molecular weight excluding hydrogens is 568 g/mol. The molecule has 4 aromatic rings. The smallest absolute Gasteiger partial charge is 0.379 e. The zero-order valence-corrected chi connectivity index (χ0v) is 25.4. The molecule has 0 bridgehead atoms. The van der Waals surface area contributed by atoms with Crippen LogP contribution in [0.5, 0.6) is 5.75 Å². The zero-order chi connectivity index (χ0) is 30.7. The highest BCUT2D eigenvalue weighted by molar-refractivity contribution is 7.07. The second-order valence-electron chi connectivity index (χ2n) is 11.0. The summed E-state index contributed by atoms with van der Waals surface area (Å²) >= 11 is 1.26. The normalized spacial score (nSPS) is 15.2. The van der Waals surface area contributed by atoms with Crippen LogP contribution in [0.4, 0.5) is 0 Å². The van der Waals surface area contributed by atoms with Crippen molar-refractivity contribution in [2.45, 2.75) is 39.2 Å². The Morgan fingerprint density at radius 1 is 1.02 bits per heavy atom. The van der Waals surface area contributed by atoms with Crippen LogP contribution >= 0.6 is 11.3 Å². The Morgan fingerprint density at radius 3 is 2.37 bits per heavy atom. The molecule has 2 aromatic carbocycles. The first-order valence-electron chi connectivity index (χ1n) is 13.7. The molecule has 0 N–H and O–H groups in total. The van der Waals surface area contributed by atoms with E-state index in [-0.39, 0.29) is 41.3 Å². The van der Waals surface area contributed by atoms with Crippen molar-refractivity contribution in [3.63, 3.8) is 0 Å². The zero-order valence-electron chi connectivity index (χ0n) is 24.6. The molecule has 222 valence electrons. The van der Waals surface area contributed by atoms with Gasteiger partial charge in [-0.05, 0) is 59.4 Å². The molecule has 1 atom stereocenters. The van der Waals surface area contributed by atoms with E-state index < -0.39 is 18.0 Å². The maximum atomic E-state index is 13.9. The highest BCUT2D eigenvalue weighted by atomic mass is 32.1. The number of hydrogen-bond acceptors (Lipinski definition) is 9. The van der Waals surface area contributed by atoms with E-state index in [0.717, 1.165) is 5.56 Å². The van der Waals surface area contributed by atoms with Crippen molar-refractivity contribution in [2.75, 3.05) is 20.3 Å². The lowest BCUT2D eigenvalue weighted by molar-refractivity contribution is -0.140. The van der Waals surface area contributed by atoms with Gasteiger partial charge in [-0.1, -0.05) is 68.5 Å². The number of fused-ring (bicyclic) bond motifs is 1. The summed E-state index contributed by atoms with van der Waals surface area (Å²) in [6.07, 6.45) is 3.22. The van der Waals surface area contributed by atoms with Crippen LogP contribution in [-0.2, 0) is 19.7 Å². The fourth-order valence-corrected chi connectivity index (χ4v) is 5.74. The highest BCUT2D eigenvalue weighted by Crippen LogP contribution is 2.32. The molecule has 0 aliphatic carbocycles. The number of furan rings is 1. The Bertz CT molecular complexity index is 1840. The van der Waals surface area contributed by atoms with E-state index in [0.29, 0.717) is 20.6 Å². The van der Waals surface area contributed by atoms with Crippen molar-refractivity contribution >= 4 is 29.4 Å². The van der Waals surface area contributed by atoms with Crippen LogP contribution in [0.1, 0.15) is 61.0 Å². The van der Waals surface area contributed by atoms with E-state index in [2.05, 4.69) is 37.9 Å². The number of rotatable bonds is 8. The Morgan fingerprint density at radius 2 is 1.74 bits per heavy atom. The molecule has 0 amide bonds. The number of allylic oxidation sites excluding steroid dienone is 1. The van der Waals surface area contributed by atoms with Gasteiger partial charge in [0.2, 0.25) is 5.76 Å². The molecule has 5 rings (SSSR count). The molecule has 0 spiro atoms. The highest BCUT2D eigenvalue weighted by Gasteiger charge is 2.33. The van der Waals surface area contributed by atoms with E-state index in [1.54, 1.807) is 37.3 Å². The van der Waals surface area contributed by atoms with Crippen LogP contribution < -0.4 is 19.6 Å². The predicted molar refractivity (Wildman–Crippen MR) is 162 cm³/mol. The average molecular weight is 601 g/mol. The second-order valence-corrected chi connectivity index (χ2v) is 12.0. The second kappa shape index (κ2) is 12.4. The fourth-order valence-electron chi connectivity index (χ4n) is 4.69. The number of hydrogen-bond donors (Lipinski definition) is 0. The summed E-state index contributed by atoms with van der Waals surface area (Å²) in [5.41, 5.74) is 3.11. The van der Waals surface area contributed by atoms with Crippen molar-refractivity contribution in [1.29, 1.82) is 0 Å². The third-order valence-corrected chi connectivity index (χ3v) is 7.95. The predicted octanol–water partition coefficient (Wildman–Crippen LogP) is 4.53. The van der Waals surface area contributed by atoms with E-state index in [1.165, 1.54) is 40.9 Å². The summed E-state index contributed by atoms with van der Waals surface area (Å²) in [7, 11) is 1.52. The summed E-state index contributed by atoms with van der Waals surface area (Å²) in [6.45, 7) is 8.45. The molecule has 0 saturated carbocycles. The van der Waals surface area contributed by atoms with Crippen molar-refractivity contribution in [3.05, 3.63) is 120 Å². The van der Waals surface area contributed by atoms with Crippen LogP contribution in [0.2, 0.25) is 0 Å².